The van der Waals surface area contributed by atoms with Crippen molar-refractivity contribution in [3.63, 3.8) is 0 Å². The second kappa shape index (κ2) is 17.0. The molecule has 1 aliphatic carbocycles. The van der Waals surface area contributed by atoms with E-state index >= 15 is 4.39 Å². The number of carbonyl (C=O) groups excluding carboxylic acids is 4. The number of nitrogens with zero attached hydrogens (tertiary/aromatic N) is 1. The van der Waals surface area contributed by atoms with Crippen molar-refractivity contribution in [3.8, 4) is 0 Å². The smallest absolute Gasteiger partial charge is 0.334 e. The van der Waals surface area contributed by atoms with E-state index < -0.39 is 29.6 Å². The SMILES string of the molecule is CCCCOC(=O)CSc1cc(N(C(=O)C2=C(C(=O)OCCOCC)CCCC2)C(=O)c2ccccc2)c(F)cc1Cl. The molecule has 42 heavy (non-hydrogen) atoms. The van der Waals surface area contributed by atoms with Gasteiger partial charge in [0, 0.05) is 28.2 Å². The molecule has 3 rings (SSSR count). The van der Waals surface area contributed by atoms with Gasteiger partial charge in [-0.1, -0.05) is 43.1 Å². The van der Waals surface area contributed by atoms with Crippen molar-refractivity contribution >= 4 is 52.8 Å². The van der Waals surface area contributed by atoms with E-state index in [-0.39, 0.29) is 70.7 Å². The molecular formula is C31H35ClFNO7S. The van der Waals surface area contributed by atoms with Crippen LogP contribution < -0.4 is 4.90 Å². The molecule has 0 saturated heterocycles. The average molecular weight is 620 g/mol. The van der Waals surface area contributed by atoms with E-state index in [9.17, 15) is 19.2 Å². The van der Waals surface area contributed by atoms with Crippen molar-refractivity contribution in [1.29, 1.82) is 0 Å². The summed E-state index contributed by atoms with van der Waals surface area (Å²) in [5.74, 6) is -3.75. The Morgan fingerprint density at radius 1 is 0.929 bits per heavy atom. The predicted octanol–water partition coefficient (Wildman–Crippen LogP) is 6.54. The van der Waals surface area contributed by atoms with Crippen molar-refractivity contribution in [2.75, 3.05) is 37.1 Å². The van der Waals surface area contributed by atoms with Gasteiger partial charge < -0.3 is 14.2 Å². The predicted molar refractivity (Wildman–Crippen MR) is 159 cm³/mol. The normalized spacial score (nSPS) is 13.0. The minimum atomic E-state index is -0.912. The molecule has 1 aliphatic rings. The lowest BCUT2D eigenvalue weighted by atomic mass is 9.90. The van der Waals surface area contributed by atoms with Crippen LogP contribution in [0, 0.1) is 5.82 Å². The van der Waals surface area contributed by atoms with Crippen LogP contribution in [0.5, 0.6) is 0 Å². The van der Waals surface area contributed by atoms with Crippen LogP contribution in [0.3, 0.4) is 0 Å². The summed E-state index contributed by atoms with van der Waals surface area (Å²) in [5, 5.41) is 0.0117. The molecule has 2 aromatic carbocycles. The summed E-state index contributed by atoms with van der Waals surface area (Å²) < 4.78 is 31.3. The third-order valence-corrected chi connectivity index (χ3v) is 7.87. The van der Waals surface area contributed by atoms with E-state index in [4.69, 9.17) is 25.8 Å². The number of benzene rings is 2. The fourth-order valence-electron chi connectivity index (χ4n) is 4.26. The first-order valence-corrected chi connectivity index (χ1v) is 15.3. The number of imide groups is 1. The Kier molecular flexibility index (Phi) is 13.5. The van der Waals surface area contributed by atoms with Crippen molar-refractivity contribution in [2.24, 2.45) is 0 Å². The number of hydrogen-bond acceptors (Lipinski definition) is 8. The summed E-state index contributed by atoms with van der Waals surface area (Å²) in [4.78, 5) is 54.0. The highest BCUT2D eigenvalue weighted by Crippen LogP contribution is 2.36. The molecule has 0 N–H and O–H groups in total. The average Bonchev–Trinajstić information content (AvgIpc) is 3.00. The minimum absolute atomic E-state index is 0.0115. The van der Waals surface area contributed by atoms with Crippen LogP contribution in [0.4, 0.5) is 10.1 Å². The van der Waals surface area contributed by atoms with Gasteiger partial charge in [0.1, 0.15) is 12.4 Å². The molecule has 8 nitrogen and oxygen atoms in total. The summed E-state index contributed by atoms with van der Waals surface area (Å²) in [6.45, 7) is 4.77. The van der Waals surface area contributed by atoms with Crippen LogP contribution in [-0.4, -0.2) is 55.9 Å². The fraction of sp³-hybridized carbons (Fsp3) is 0.419. The molecule has 0 bridgehead atoms. The number of unbranched alkanes of at least 4 members (excludes halogenated alkanes) is 1. The first-order valence-electron chi connectivity index (χ1n) is 14.0. The topological polar surface area (TPSA) is 99.2 Å². The van der Waals surface area contributed by atoms with Gasteiger partial charge in [-0.25, -0.2) is 14.1 Å². The van der Waals surface area contributed by atoms with Gasteiger partial charge >= 0.3 is 11.9 Å². The van der Waals surface area contributed by atoms with Crippen LogP contribution >= 0.6 is 23.4 Å². The molecule has 0 saturated carbocycles. The minimum Gasteiger partial charge on any atom is -0.465 e. The molecule has 2 amide bonds. The molecule has 226 valence electrons. The number of anilines is 1. The van der Waals surface area contributed by atoms with Crippen molar-refractivity contribution < 1.29 is 37.8 Å². The first kappa shape index (κ1) is 33.3. The number of halogens is 2. The second-order valence-electron chi connectivity index (χ2n) is 9.41. The Bertz CT molecular complexity index is 1300. The van der Waals surface area contributed by atoms with Crippen LogP contribution in [0.25, 0.3) is 0 Å². The molecule has 0 heterocycles. The molecule has 0 aliphatic heterocycles. The number of amides is 2. The van der Waals surface area contributed by atoms with Crippen molar-refractivity contribution in [1.82, 2.24) is 0 Å². The zero-order valence-corrected chi connectivity index (χ0v) is 25.4. The zero-order valence-electron chi connectivity index (χ0n) is 23.8. The maximum absolute atomic E-state index is 15.5. The summed E-state index contributed by atoms with van der Waals surface area (Å²) in [6.07, 6.45) is 3.36. The van der Waals surface area contributed by atoms with E-state index in [1.165, 1.54) is 18.2 Å². The Morgan fingerprint density at radius 2 is 1.64 bits per heavy atom. The molecule has 0 fully saturated rings. The Morgan fingerprint density at radius 3 is 2.33 bits per heavy atom. The highest BCUT2D eigenvalue weighted by Gasteiger charge is 2.34. The summed E-state index contributed by atoms with van der Waals surface area (Å²) in [5.41, 5.74) is 0.0517. The molecule has 11 heteroatoms. The molecule has 0 aromatic heterocycles. The molecule has 0 unspecified atom stereocenters. The first-order chi connectivity index (χ1) is 20.3. The van der Waals surface area contributed by atoms with Gasteiger partial charge in [0.25, 0.3) is 11.8 Å². The van der Waals surface area contributed by atoms with Gasteiger partial charge in [-0.05, 0) is 63.3 Å². The monoisotopic (exact) mass is 619 g/mol. The Labute approximate surface area is 254 Å². The number of rotatable bonds is 14. The largest absolute Gasteiger partial charge is 0.465 e. The van der Waals surface area contributed by atoms with Crippen LogP contribution in [0.2, 0.25) is 5.02 Å². The zero-order chi connectivity index (χ0) is 30.5. The maximum Gasteiger partial charge on any atom is 0.334 e. The lowest BCUT2D eigenvalue weighted by Crippen LogP contribution is -2.40. The highest BCUT2D eigenvalue weighted by molar-refractivity contribution is 8.00. The van der Waals surface area contributed by atoms with Gasteiger partial charge in [0.05, 0.1) is 29.7 Å². The summed E-state index contributed by atoms with van der Waals surface area (Å²) in [7, 11) is 0. The number of carbonyl (C=O) groups is 4. The van der Waals surface area contributed by atoms with E-state index in [0.717, 1.165) is 35.6 Å². The molecule has 0 atom stereocenters. The van der Waals surface area contributed by atoms with E-state index in [1.807, 2.05) is 13.8 Å². The Balaban J connectivity index is 2.00. The van der Waals surface area contributed by atoms with Crippen molar-refractivity contribution in [3.05, 3.63) is 70.0 Å². The van der Waals surface area contributed by atoms with Gasteiger partial charge in [-0.15, -0.1) is 11.8 Å². The quantitative estimate of drug-likeness (QED) is 0.102. The summed E-state index contributed by atoms with van der Waals surface area (Å²) in [6, 6.07) is 10.2. The van der Waals surface area contributed by atoms with E-state index in [1.54, 1.807) is 18.2 Å². The third kappa shape index (κ3) is 9.14. The van der Waals surface area contributed by atoms with Crippen LogP contribution in [-0.2, 0) is 28.6 Å². The van der Waals surface area contributed by atoms with Gasteiger partial charge in [-0.2, -0.15) is 0 Å². The number of ether oxygens (including phenoxy) is 3. The standard InChI is InChI=1S/C31H35ClFNO7S/c1-3-5-15-40-28(35)20-42-27-19-26(25(33)18-24(27)32)34(29(36)21-11-7-6-8-12-21)30(37)22-13-9-10-14-23(22)31(38)41-17-16-39-4-2/h6-8,11-12,18-19H,3-5,9-10,13-17,20H2,1-2H3. The van der Waals surface area contributed by atoms with Gasteiger partial charge in [-0.3, -0.25) is 14.4 Å². The lowest BCUT2D eigenvalue weighted by molar-refractivity contribution is -0.141. The van der Waals surface area contributed by atoms with Crippen LogP contribution in [0.15, 0.2) is 58.5 Å². The molecular weight excluding hydrogens is 585 g/mol. The highest BCUT2D eigenvalue weighted by atomic mass is 35.5. The maximum atomic E-state index is 15.5. The molecule has 2 aromatic rings. The van der Waals surface area contributed by atoms with Crippen LogP contribution in [0.1, 0.15) is 62.7 Å². The number of hydrogen-bond donors (Lipinski definition) is 0. The fourth-order valence-corrected chi connectivity index (χ4v) is 5.32. The van der Waals surface area contributed by atoms with Gasteiger partial charge in [0.2, 0.25) is 0 Å². The molecule has 0 radical (unpaired) electrons. The third-order valence-electron chi connectivity index (χ3n) is 6.41. The van der Waals surface area contributed by atoms with Crippen molar-refractivity contribution in [2.45, 2.75) is 57.3 Å². The summed E-state index contributed by atoms with van der Waals surface area (Å²) >= 11 is 7.30. The van der Waals surface area contributed by atoms with E-state index in [2.05, 4.69) is 0 Å². The number of thioether (sulfide) groups is 1. The Hall–Kier alpha value is -3.21. The lowest BCUT2D eigenvalue weighted by Gasteiger charge is -2.26. The molecule has 0 spiro atoms. The second-order valence-corrected chi connectivity index (χ2v) is 10.8. The number of esters is 2. The van der Waals surface area contributed by atoms with Gasteiger partial charge in [0.15, 0.2) is 0 Å². The van der Waals surface area contributed by atoms with E-state index in [0.29, 0.717) is 19.4 Å².